The number of hydrogen-bond acceptors (Lipinski definition) is 4. The van der Waals surface area contributed by atoms with Crippen LogP contribution in [0.5, 0.6) is 5.75 Å². The van der Waals surface area contributed by atoms with Gasteiger partial charge in [0.05, 0.1) is 12.1 Å². The number of nitrogens with one attached hydrogen (secondary N) is 1. The van der Waals surface area contributed by atoms with Gasteiger partial charge in [-0.1, -0.05) is 42.5 Å². The van der Waals surface area contributed by atoms with Gasteiger partial charge in [0.25, 0.3) is 0 Å². The first-order valence-electron chi connectivity index (χ1n) is 9.24. The van der Waals surface area contributed by atoms with Crippen LogP contribution in [-0.2, 0) is 16.0 Å². The van der Waals surface area contributed by atoms with Crippen LogP contribution < -0.4 is 15.2 Å². The van der Waals surface area contributed by atoms with Crippen LogP contribution in [-0.4, -0.2) is 18.0 Å². The monoisotopic (exact) mass is 368 g/mol. The molecule has 1 N–H and O–H groups in total. The Morgan fingerprint density at radius 2 is 1.70 bits per heavy atom. The second-order valence-corrected chi connectivity index (χ2v) is 6.77. The Morgan fingerprint density at radius 1 is 1.04 bits per heavy atom. The topological polar surface area (TPSA) is 78.5 Å². The molecule has 27 heavy (non-hydrogen) atoms. The van der Waals surface area contributed by atoms with Crippen LogP contribution in [0.1, 0.15) is 50.3 Å². The van der Waals surface area contributed by atoms with Crippen LogP contribution >= 0.6 is 0 Å². The molecule has 0 fully saturated rings. The fourth-order valence-corrected chi connectivity index (χ4v) is 2.83. The molecule has 144 valence electrons. The zero-order chi connectivity index (χ0) is 19.6. The number of benzene rings is 2. The van der Waals surface area contributed by atoms with Crippen molar-refractivity contribution < 1.29 is 19.4 Å². The van der Waals surface area contributed by atoms with E-state index in [0.29, 0.717) is 24.2 Å². The molecular weight excluding hydrogens is 342 g/mol. The Balaban J connectivity index is 1.92. The van der Waals surface area contributed by atoms with Crippen molar-refractivity contribution in [3.63, 3.8) is 0 Å². The highest BCUT2D eigenvalue weighted by atomic mass is 16.5. The minimum absolute atomic E-state index is 0.0548. The number of carboxylic acid groups (broad SMARTS) is 1. The standard InChI is InChI=1S/C22H27NO4/c1-16(2)27-19-13-11-18(12-14-19)20(15-22(25)26)23-21(24)10-6-9-17-7-4-3-5-8-17/h3-5,7-8,11-14,16,20H,6,9-10,15H2,1-2H3,(H,23,24)(H,25,26)/p-1/t20-/m0/s1. The molecule has 5 heteroatoms. The van der Waals surface area contributed by atoms with Gasteiger partial charge in [-0.2, -0.15) is 0 Å². The van der Waals surface area contributed by atoms with Gasteiger partial charge in [0, 0.05) is 18.8 Å². The highest BCUT2D eigenvalue weighted by molar-refractivity contribution is 5.77. The Hall–Kier alpha value is -2.82. The Kier molecular flexibility index (Phi) is 7.86. The maximum absolute atomic E-state index is 12.3. The van der Waals surface area contributed by atoms with Gasteiger partial charge in [0.1, 0.15) is 5.75 Å². The smallest absolute Gasteiger partial charge is 0.220 e. The van der Waals surface area contributed by atoms with E-state index in [9.17, 15) is 14.7 Å². The third-order valence-corrected chi connectivity index (χ3v) is 4.07. The van der Waals surface area contributed by atoms with E-state index in [0.717, 1.165) is 6.42 Å². The predicted molar refractivity (Wildman–Crippen MR) is 102 cm³/mol. The summed E-state index contributed by atoms with van der Waals surface area (Å²) in [6.07, 6.45) is 1.64. The minimum atomic E-state index is -1.20. The van der Waals surface area contributed by atoms with Crippen LogP contribution in [0.25, 0.3) is 0 Å². The predicted octanol–water partition coefficient (Wildman–Crippen LogP) is 2.79. The van der Waals surface area contributed by atoms with Crippen molar-refractivity contribution in [1.82, 2.24) is 5.32 Å². The van der Waals surface area contributed by atoms with Crippen LogP contribution in [0.15, 0.2) is 54.6 Å². The van der Waals surface area contributed by atoms with Crippen molar-refractivity contribution in [3.05, 3.63) is 65.7 Å². The zero-order valence-corrected chi connectivity index (χ0v) is 15.8. The molecule has 5 nitrogen and oxygen atoms in total. The molecule has 0 unspecified atom stereocenters. The quantitative estimate of drug-likeness (QED) is 0.699. The average Bonchev–Trinajstić information content (AvgIpc) is 2.62. The van der Waals surface area contributed by atoms with Crippen molar-refractivity contribution in [2.24, 2.45) is 0 Å². The van der Waals surface area contributed by atoms with E-state index >= 15 is 0 Å². The fraction of sp³-hybridized carbons (Fsp3) is 0.364. The first kappa shape index (κ1) is 20.5. The number of rotatable bonds is 10. The van der Waals surface area contributed by atoms with Gasteiger partial charge in [0.15, 0.2) is 0 Å². The highest BCUT2D eigenvalue weighted by Crippen LogP contribution is 2.21. The number of aryl methyl sites for hydroxylation is 1. The molecule has 0 saturated heterocycles. The molecule has 0 heterocycles. The second-order valence-electron chi connectivity index (χ2n) is 6.77. The lowest BCUT2D eigenvalue weighted by Crippen LogP contribution is -2.34. The molecule has 0 aliphatic carbocycles. The first-order chi connectivity index (χ1) is 12.9. The summed E-state index contributed by atoms with van der Waals surface area (Å²) < 4.78 is 5.59. The van der Waals surface area contributed by atoms with E-state index in [-0.39, 0.29) is 18.4 Å². The van der Waals surface area contributed by atoms with E-state index < -0.39 is 12.0 Å². The largest absolute Gasteiger partial charge is 0.550 e. The molecule has 0 aliphatic rings. The maximum Gasteiger partial charge on any atom is 0.220 e. The molecule has 1 amide bonds. The van der Waals surface area contributed by atoms with Gasteiger partial charge in [-0.25, -0.2) is 0 Å². The summed E-state index contributed by atoms with van der Waals surface area (Å²) in [6, 6.07) is 16.4. The zero-order valence-electron chi connectivity index (χ0n) is 15.8. The molecule has 2 rings (SSSR count). The van der Waals surface area contributed by atoms with Gasteiger partial charge in [-0.15, -0.1) is 0 Å². The molecule has 2 aromatic rings. The highest BCUT2D eigenvalue weighted by Gasteiger charge is 2.15. The average molecular weight is 368 g/mol. The van der Waals surface area contributed by atoms with Crippen molar-refractivity contribution in [1.29, 1.82) is 0 Å². The SMILES string of the molecule is CC(C)Oc1ccc([C@H](CC(=O)[O-])NC(=O)CCCc2ccccc2)cc1. The molecule has 0 radical (unpaired) electrons. The molecule has 0 bridgehead atoms. The molecule has 0 spiro atoms. The van der Waals surface area contributed by atoms with Gasteiger partial charge in [-0.05, 0) is 49.9 Å². The Bertz CT molecular complexity index is 726. The third kappa shape index (κ3) is 7.52. The van der Waals surface area contributed by atoms with Crippen LogP contribution in [0.2, 0.25) is 0 Å². The number of carboxylic acids is 1. The third-order valence-electron chi connectivity index (χ3n) is 4.07. The lowest BCUT2D eigenvalue weighted by atomic mass is 10.0. The van der Waals surface area contributed by atoms with Crippen molar-refractivity contribution in [3.8, 4) is 5.75 Å². The van der Waals surface area contributed by atoms with E-state index in [2.05, 4.69) is 5.32 Å². The van der Waals surface area contributed by atoms with E-state index in [1.165, 1.54) is 5.56 Å². The van der Waals surface area contributed by atoms with Gasteiger partial charge in [0.2, 0.25) is 5.91 Å². The number of aliphatic carboxylic acids is 1. The molecule has 2 aromatic carbocycles. The van der Waals surface area contributed by atoms with Crippen molar-refractivity contribution in [2.45, 2.75) is 51.7 Å². The first-order valence-corrected chi connectivity index (χ1v) is 9.24. The summed E-state index contributed by atoms with van der Waals surface area (Å²) in [5.41, 5.74) is 1.89. The van der Waals surface area contributed by atoms with Crippen LogP contribution in [0.3, 0.4) is 0 Å². The minimum Gasteiger partial charge on any atom is -0.550 e. The van der Waals surface area contributed by atoms with Crippen molar-refractivity contribution >= 4 is 11.9 Å². The normalized spacial score (nSPS) is 11.8. The van der Waals surface area contributed by atoms with Crippen LogP contribution in [0.4, 0.5) is 0 Å². The Labute approximate surface area is 160 Å². The van der Waals surface area contributed by atoms with E-state index in [1.54, 1.807) is 24.3 Å². The Morgan fingerprint density at radius 3 is 2.30 bits per heavy atom. The summed E-state index contributed by atoms with van der Waals surface area (Å²) in [6.45, 7) is 3.87. The van der Waals surface area contributed by atoms with Gasteiger partial charge in [-0.3, -0.25) is 4.79 Å². The number of hydrogen-bond donors (Lipinski definition) is 1. The number of carbonyl (C=O) groups is 2. The number of ether oxygens (including phenoxy) is 1. The second kappa shape index (κ2) is 10.4. The molecule has 0 saturated carbocycles. The lowest BCUT2D eigenvalue weighted by Gasteiger charge is -2.20. The fourth-order valence-electron chi connectivity index (χ4n) is 2.83. The summed E-state index contributed by atoms with van der Waals surface area (Å²) in [5.74, 6) is -0.665. The van der Waals surface area contributed by atoms with Crippen molar-refractivity contribution in [2.75, 3.05) is 0 Å². The molecule has 0 aliphatic heterocycles. The summed E-state index contributed by atoms with van der Waals surface area (Å²) in [4.78, 5) is 23.4. The van der Waals surface area contributed by atoms with Gasteiger partial charge >= 0.3 is 0 Å². The molecule has 1 atom stereocenters. The lowest BCUT2D eigenvalue weighted by molar-refractivity contribution is -0.306. The maximum atomic E-state index is 12.3. The number of amides is 1. The number of carbonyl (C=O) groups excluding carboxylic acids is 2. The summed E-state index contributed by atoms with van der Waals surface area (Å²) in [7, 11) is 0. The van der Waals surface area contributed by atoms with Crippen LogP contribution in [0, 0.1) is 0 Å². The molecule has 0 aromatic heterocycles. The summed E-state index contributed by atoms with van der Waals surface area (Å²) >= 11 is 0. The van der Waals surface area contributed by atoms with E-state index in [4.69, 9.17) is 4.74 Å². The van der Waals surface area contributed by atoms with E-state index in [1.807, 2.05) is 44.2 Å². The molecular formula is C22H26NO4-. The summed E-state index contributed by atoms with van der Waals surface area (Å²) in [5, 5.41) is 13.9. The van der Waals surface area contributed by atoms with Gasteiger partial charge < -0.3 is 20.0 Å².